The third kappa shape index (κ3) is 4.66. The molecule has 0 aliphatic carbocycles. The van der Waals surface area contributed by atoms with E-state index in [4.69, 9.17) is 9.47 Å². The Morgan fingerprint density at radius 1 is 1.04 bits per heavy atom. The van der Waals surface area contributed by atoms with Crippen LogP contribution in [0.2, 0.25) is 0 Å². The monoisotopic (exact) mass is 377 g/mol. The molecule has 3 rings (SSSR count). The summed E-state index contributed by atoms with van der Waals surface area (Å²) in [5.41, 5.74) is 1.90. The molecule has 0 bridgehead atoms. The number of ether oxygens (including phenoxy) is 2. The fourth-order valence-electron chi connectivity index (χ4n) is 3.24. The molecule has 0 saturated carbocycles. The summed E-state index contributed by atoms with van der Waals surface area (Å²) in [6, 6.07) is 10.4. The van der Waals surface area contributed by atoms with Crippen molar-refractivity contribution < 1.29 is 18.3 Å². The number of anilines is 1. The van der Waals surface area contributed by atoms with Gasteiger partial charge in [0.05, 0.1) is 14.2 Å². The highest BCUT2D eigenvalue weighted by Gasteiger charge is 2.26. The summed E-state index contributed by atoms with van der Waals surface area (Å²) >= 11 is 0. The smallest absolute Gasteiger partial charge is 0.270 e. The van der Waals surface area contributed by atoms with Crippen LogP contribution in [-0.4, -0.2) is 50.3 Å². The summed E-state index contributed by atoms with van der Waals surface area (Å²) in [5, 5.41) is 0. The third-order valence-corrected chi connectivity index (χ3v) is 4.80. The van der Waals surface area contributed by atoms with E-state index >= 15 is 0 Å². The summed E-state index contributed by atoms with van der Waals surface area (Å²) in [4.78, 5) is 8.77. The van der Waals surface area contributed by atoms with Crippen molar-refractivity contribution in [2.45, 2.75) is 19.4 Å². The van der Waals surface area contributed by atoms with Gasteiger partial charge in [-0.25, -0.2) is 8.78 Å². The van der Waals surface area contributed by atoms with Gasteiger partial charge >= 0.3 is 0 Å². The van der Waals surface area contributed by atoms with E-state index in [2.05, 4.69) is 14.8 Å². The zero-order valence-corrected chi connectivity index (χ0v) is 15.9. The van der Waals surface area contributed by atoms with E-state index in [1.54, 1.807) is 26.4 Å². The van der Waals surface area contributed by atoms with Gasteiger partial charge < -0.3 is 14.4 Å². The van der Waals surface area contributed by atoms with Crippen molar-refractivity contribution >= 4 is 5.69 Å². The van der Waals surface area contributed by atoms with Crippen LogP contribution < -0.4 is 14.4 Å². The van der Waals surface area contributed by atoms with Gasteiger partial charge in [-0.05, 0) is 18.2 Å². The van der Waals surface area contributed by atoms with Crippen molar-refractivity contribution in [3.05, 3.63) is 47.5 Å². The molecule has 2 heterocycles. The molecule has 146 valence electrons. The van der Waals surface area contributed by atoms with Gasteiger partial charge in [0.1, 0.15) is 0 Å². The van der Waals surface area contributed by atoms with Gasteiger partial charge in [0.2, 0.25) is 11.8 Å². The molecule has 27 heavy (non-hydrogen) atoms. The molecule has 1 aliphatic rings. The first kappa shape index (κ1) is 19.4. The van der Waals surface area contributed by atoms with Gasteiger partial charge in [-0.15, -0.1) is 0 Å². The quantitative estimate of drug-likeness (QED) is 0.770. The highest BCUT2D eigenvalue weighted by molar-refractivity contribution is 5.50. The summed E-state index contributed by atoms with van der Waals surface area (Å²) in [5.74, 6) is -1.74. The SMILES string of the molecule is COc1ccc(CN2CCN(c3cccc(C(C)(F)F)c3)CC2)c(OC)n1. The van der Waals surface area contributed by atoms with E-state index in [9.17, 15) is 8.78 Å². The fourth-order valence-corrected chi connectivity index (χ4v) is 3.24. The number of benzene rings is 1. The predicted molar refractivity (Wildman–Crippen MR) is 101 cm³/mol. The van der Waals surface area contributed by atoms with Crippen molar-refractivity contribution in [1.29, 1.82) is 0 Å². The standard InChI is InChI=1S/C20H25F2N3O2/c1-20(21,22)16-5-4-6-17(13-16)25-11-9-24(10-12-25)14-15-7-8-18(26-2)23-19(15)27-3/h4-8,13H,9-12,14H2,1-3H3. The van der Waals surface area contributed by atoms with Gasteiger partial charge in [-0.3, -0.25) is 4.90 Å². The van der Waals surface area contributed by atoms with Crippen LogP contribution in [0.25, 0.3) is 0 Å². The molecule has 1 aromatic heterocycles. The van der Waals surface area contributed by atoms with Crippen molar-refractivity contribution in [1.82, 2.24) is 9.88 Å². The summed E-state index contributed by atoms with van der Waals surface area (Å²) in [6.07, 6.45) is 0. The number of nitrogens with zero attached hydrogens (tertiary/aromatic N) is 3. The average Bonchev–Trinajstić information content (AvgIpc) is 2.68. The number of hydrogen-bond donors (Lipinski definition) is 0. The Balaban J connectivity index is 1.63. The van der Waals surface area contributed by atoms with E-state index in [0.717, 1.165) is 50.9 Å². The molecule has 0 radical (unpaired) electrons. The molecule has 1 aliphatic heterocycles. The van der Waals surface area contributed by atoms with Crippen LogP contribution >= 0.6 is 0 Å². The first-order valence-corrected chi connectivity index (χ1v) is 8.94. The molecule has 2 aromatic rings. The van der Waals surface area contributed by atoms with Crippen LogP contribution in [0, 0.1) is 0 Å². The second-order valence-electron chi connectivity index (χ2n) is 6.72. The fraction of sp³-hybridized carbons (Fsp3) is 0.450. The van der Waals surface area contributed by atoms with Gasteiger partial charge in [-0.2, -0.15) is 4.98 Å². The normalized spacial score (nSPS) is 15.7. The van der Waals surface area contributed by atoms with Crippen molar-refractivity contribution in [2.75, 3.05) is 45.3 Å². The molecule has 0 amide bonds. The average molecular weight is 377 g/mol. The van der Waals surface area contributed by atoms with Gasteiger partial charge in [0.15, 0.2) is 0 Å². The lowest BCUT2D eigenvalue weighted by Gasteiger charge is -2.36. The van der Waals surface area contributed by atoms with Gasteiger partial charge in [0, 0.05) is 62.5 Å². The van der Waals surface area contributed by atoms with Crippen molar-refractivity contribution in [3.8, 4) is 11.8 Å². The van der Waals surface area contributed by atoms with E-state index in [1.165, 1.54) is 6.07 Å². The highest BCUT2D eigenvalue weighted by atomic mass is 19.3. The van der Waals surface area contributed by atoms with E-state index in [1.807, 2.05) is 18.2 Å². The lowest BCUT2D eigenvalue weighted by molar-refractivity contribution is 0.0175. The number of rotatable bonds is 6. The molecule has 1 aromatic carbocycles. The molecule has 0 spiro atoms. The van der Waals surface area contributed by atoms with Crippen LogP contribution in [0.4, 0.5) is 14.5 Å². The van der Waals surface area contributed by atoms with Crippen LogP contribution in [-0.2, 0) is 12.5 Å². The second kappa shape index (κ2) is 8.08. The number of hydrogen-bond acceptors (Lipinski definition) is 5. The minimum absolute atomic E-state index is 0.0523. The summed E-state index contributed by atoms with van der Waals surface area (Å²) < 4.78 is 37.7. The molecule has 7 heteroatoms. The summed E-state index contributed by atoms with van der Waals surface area (Å²) in [7, 11) is 3.17. The third-order valence-electron chi connectivity index (χ3n) is 4.80. The van der Waals surface area contributed by atoms with Crippen LogP contribution in [0.15, 0.2) is 36.4 Å². The van der Waals surface area contributed by atoms with Crippen LogP contribution in [0.5, 0.6) is 11.8 Å². The minimum Gasteiger partial charge on any atom is -0.481 e. The van der Waals surface area contributed by atoms with E-state index in [0.29, 0.717) is 11.8 Å². The lowest BCUT2D eigenvalue weighted by atomic mass is 10.1. The van der Waals surface area contributed by atoms with Crippen LogP contribution in [0.1, 0.15) is 18.1 Å². The number of piperazine rings is 1. The van der Waals surface area contributed by atoms with Gasteiger partial charge in [0.25, 0.3) is 5.92 Å². The zero-order valence-electron chi connectivity index (χ0n) is 15.9. The number of aromatic nitrogens is 1. The predicted octanol–water partition coefficient (Wildman–Crippen LogP) is 3.53. The van der Waals surface area contributed by atoms with Crippen molar-refractivity contribution in [2.24, 2.45) is 0 Å². The molecule has 1 saturated heterocycles. The Bertz CT molecular complexity index is 772. The second-order valence-corrected chi connectivity index (χ2v) is 6.72. The molecule has 5 nitrogen and oxygen atoms in total. The molecule has 0 atom stereocenters. The minimum atomic E-state index is -2.82. The van der Waals surface area contributed by atoms with Crippen molar-refractivity contribution in [3.63, 3.8) is 0 Å². The Morgan fingerprint density at radius 3 is 2.41 bits per heavy atom. The first-order chi connectivity index (χ1) is 12.9. The number of pyridine rings is 1. The Morgan fingerprint density at radius 2 is 1.78 bits per heavy atom. The number of alkyl halides is 2. The molecular formula is C20H25F2N3O2. The molecule has 0 unspecified atom stereocenters. The molecule has 0 N–H and O–H groups in total. The van der Waals surface area contributed by atoms with E-state index in [-0.39, 0.29) is 5.56 Å². The summed E-state index contributed by atoms with van der Waals surface area (Å²) in [6.45, 7) is 4.89. The molecular weight excluding hydrogens is 352 g/mol. The first-order valence-electron chi connectivity index (χ1n) is 8.94. The highest BCUT2D eigenvalue weighted by Crippen LogP contribution is 2.30. The number of halogens is 2. The zero-order chi connectivity index (χ0) is 19.4. The topological polar surface area (TPSA) is 37.8 Å². The molecule has 1 fully saturated rings. The maximum atomic E-state index is 13.6. The Hall–Kier alpha value is -2.41. The van der Waals surface area contributed by atoms with E-state index < -0.39 is 5.92 Å². The maximum Gasteiger partial charge on any atom is 0.270 e. The van der Waals surface area contributed by atoms with Crippen LogP contribution in [0.3, 0.4) is 0 Å². The maximum absolute atomic E-state index is 13.6. The number of methoxy groups -OCH3 is 2. The van der Waals surface area contributed by atoms with Gasteiger partial charge in [-0.1, -0.05) is 12.1 Å². The Kier molecular flexibility index (Phi) is 5.79. The Labute approximate surface area is 158 Å². The largest absolute Gasteiger partial charge is 0.481 e. The lowest BCUT2D eigenvalue weighted by Crippen LogP contribution is -2.46.